The summed E-state index contributed by atoms with van der Waals surface area (Å²) in [7, 11) is 0. The molecule has 0 atom stereocenters. The lowest BCUT2D eigenvalue weighted by Crippen LogP contribution is -2.50. The van der Waals surface area contributed by atoms with Crippen LogP contribution in [0.3, 0.4) is 0 Å². The summed E-state index contributed by atoms with van der Waals surface area (Å²) in [6.45, 7) is 9.92. The molecule has 0 spiro atoms. The van der Waals surface area contributed by atoms with Gasteiger partial charge in [0, 0.05) is 64.1 Å². The van der Waals surface area contributed by atoms with E-state index in [4.69, 9.17) is 0 Å². The second kappa shape index (κ2) is 9.96. The Labute approximate surface area is 183 Å². The van der Waals surface area contributed by atoms with Crippen molar-refractivity contribution in [3.8, 4) is 0 Å². The first-order valence-corrected chi connectivity index (χ1v) is 11.3. The van der Waals surface area contributed by atoms with Crippen molar-refractivity contribution in [1.29, 1.82) is 0 Å². The smallest absolute Gasteiger partial charge is 0.267 e. The molecule has 2 aliphatic heterocycles. The fourth-order valence-corrected chi connectivity index (χ4v) is 4.32. The van der Waals surface area contributed by atoms with Crippen LogP contribution in [0.4, 0.5) is 11.5 Å². The summed E-state index contributed by atoms with van der Waals surface area (Å²) in [5.74, 6) is 0.727. The van der Waals surface area contributed by atoms with Crippen molar-refractivity contribution in [2.45, 2.75) is 19.9 Å². The molecule has 0 radical (unpaired) electrons. The number of para-hydroxylation sites is 1. The van der Waals surface area contributed by atoms with Gasteiger partial charge in [-0.2, -0.15) is 5.10 Å². The molecule has 2 aliphatic rings. The largest absolute Gasteiger partial charge is 0.368 e. The van der Waals surface area contributed by atoms with Crippen molar-refractivity contribution in [1.82, 2.24) is 19.6 Å². The summed E-state index contributed by atoms with van der Waals surface area (Å²) in [6, 6.07) is 13.7. The molecule has 1 aromatic heterocycles. The molecule has 0 N–H and O–H groups in total. The summed E-state index contributed by atoms with van der Waals surface area (Å²) >= 11 is 0. The monoisotopic (exact) mass is 424 g/mol. The predicted molar refractivity (Wildman–Crippen MR) is 123 cm³/mol. The van der Waals surface area contributed by atoms with Gasteiger partial charge >= 0.3 is 0 Å². The molecule has 8 nitrogen and oxygen atoms in total. The van der Waals surface area contributed by atoms with Crippen LogP contribution in [0.5, 0.6) is 0 Å². The molecule has 2 saturated heterocycles. The third-order valence-corrected chi connectivity index (χ3v) is 6.13. The molecule has 2 aromatic rings. The molecule has 0 aliphatic carbocycles. The van der Waals surface area contributed by atoms with Gasteiger partial charge in [-0.15, -0.1) is 0 Å². The number of nitrogens with zero attached hydrogens (tertiary/aromatic N) is 6. The molecule has 1 aromatic carbocycles. The SMILES string of the molecule is CCCN1CCN(C(=O)Cn2nc(N3CCN(c4ccccc4)CC3)ccc2=O)CC1. The number of carbonyl (C=O) groups is 1. The maximum atomic E-state index is 12.8. The number of hydrogen-bond donors (Lipinski definition) is 0. The van der Waals surface area contributed by atoms with Crippen molar-refractivity contribution in [2.75, 3.05) is 68.7 Å². The first-order chi connectivity index (χ1) is 15.1. The average molecular weight is 425 g/mol. The Hall–Kier alpha value is -2.87. The molecule has 8 heteroatoms. The van der Waals surface area contributed by atoms with Gasteiger partial charge in [-0.05, 0) is 31.2 Å². The van der Waals surface area contributed by atoms with E-state index in [1.54, 1.807) is 6.07 Å². The minimum Gasteiger partial charge on any atom is -0.368 e. The fourth-order valence-electron chi connectivity index (χ4n) is 4.32. The van der Waals surface area contributed by atoms with Crippen molar-refractivity contribution in [3.63, 3.8) is 0 Å². The van der Waals surface area contributed by atoms with Crippen LogP contribution in [-0.4, -0.2) is 84.4 Å². The summed E-state index contributed by atoms with van der Waals surface area (Å²) in [6.07, 6.45) is 1.12. The fraction of sp³-hybridized carbons (Fsp3) is 0.522. The van der Waals surface area contributed by atoms with E-state index >= 15 is 0 Å². The lowest BCUT2D eigenvalue weighted by molar-refractivity contribution is -0.133. The number of benzene rings is 1. The molecule has 1 amide bonds. The quantitative estimate of drug-likeness (QED) is 0.693. The summed E-state index contributed by atoms with van der Waals surface area (Å²) in [5, 5.41) is 4.53. The Bertz CT molecular complexity index is 915. The third kappa shape index (κ3) is 5.25. The highest BCUT2D eigenvalue weighted by Gasteiger charge is 2.22. The van der Waals surface area contributed by atoms with E-state index in [-0.39, 0.29) is 18.0 Å². The zero-order valence-electron chi connectivity index (χ0n) is 18.3. The van der Waals surface area contributed by atoms with Gasteiger partial charge in [-0.1, -0.05) is 25.1 Å². The zero-order valence-corrected chi connectivity index (χ0v) is 18.3. The van der Waals surface area contributed by atoms with E-state index in [1.807, 2.05) is 11.0 Å². The van der Waals surface area contributed by atoms with E-state index in [0.717, 1.165) is 58.1 Å². The van der Waals surface area contributed by atoms with Crippen molar-refractivity contribution >= 4 is 17.4 Å². The molecule has 0 saturated carbocycles. The molecule has 3 heterocycles. The highest BCUT2D eigenvalue weighted by molar-refractivity contribution is 5.76. The van der Waals surface area contributed by atoms with Crippen LogP contribution in [0, 0.1) is 0 Å². The molecule has 166 valence electrons. The molecule has 0 unspecified atom stereocenters. The highest BCUT2D eigenvalue weighted by Crippen LogP contribution is 2.18. The summed E-state index contributed by atoms with van der Waals surface area (Å²) < 4.78 is 1.32. The van der Waals surface area contributed by atoms with Crippen LogP contribution >= 0.6 is 0 Å². The maximum absolute atomic E-state index is 12.8. The number of hydrogen-bond acceptors (Lipinski definition) is 6. The van der Waals surface area contributed by atoms with Crippen molar-refractivity contribution in [3.05, 3.63) is 52.8 Å². The number of carbonyl (C=O) groups excluding carboxylic acids is 1. The van der Waals surface area contributed by atoms with Gasteiger partial charge in [0.25, 0.3) is 5.56 Å². The van der Waals surface area contributed by atoms with Crippen LogP contribution in [-0.2, 0) is 11.3 Å². The lowest BCUT2D eigenvalue weighted by atomic mass is 10.2. The highest BCUT2D eigenvalue weighted by atomic mass is 16.2. The molecule has 4 rings (SSSR count). The van der Waals surface area contributed by atoms with Gasteiger partial charge in [0.05, 0.1) is 0 Å². The topological polar surface area (TPSA) is 64.9 Å². The Balaban J connectivity index is 1.35. The Morgan fingerprint density at radius 3 is 2.23 bits per heavy atom. The van der Waals surface area contributed by atoms with Crippen molar-refractivity contribution < 1.29 is 4.79 Å². The number of amides is 1. The van der Waals surface area contributed by atoms with Gasteiger partial charge in [0.2, 0.25) is 5.91 Å². The second-order valence-electron chi connectivity index (χ2n) is 8.22. The van der Waals surface area contributed by atoms with E-state index in [9.17, 15) is 9.59 Å². The minimum atomic E-state index is -0.232. The number of piperazine rings is 2. The Morgan fingerprint density at radius 1 is 0.871 bits per heavy atom. The zero-order chi connectivity index (χ0) is 21.6. The predicted octanol–water partition coefficient (Wildman–Crippen LogP) is 1.12. The van der Waals surface area contributed by atoms with Crippen LogP contribution < -0.4 is 15.4 Å². The molecular formula is C23H32N6O2. The first-order valence-electron chi connectivity index (χ1n) is 11.3. The van der Waals surface area contributed by atoms with Gasteiger partial charge in [0.15, 0.2) is 0 Å². The summed E-state index contributed by atoms with van der Waals surface area (Å²) in [4.78, 5) is 33.9. The van der Waals surface area contributed by atoms with E-state index in [2.05, 4.69) is 51.0 Å². The van der Waals surface area contributed by atoms with Crippen LogP contribution in [0.15, 0.2) is 47.3 Å². The Kier molecular flexibility index (Phi) is 6.86. The normalized spacial score (nSPS) is 17.8. The van der Waals surface area contributed by atoms with Gasteiger partial charge in [-0.25, -0.2) is 4.68 Å². The first kappa shape index (κ1) is 21.4. The Morgan fingerprint density at radius 2 is 1.55 bits per heavy atom. The van der Waals surface area contributed by atoms with Gasteiger partial charge < -0.3 is 14.7 Å². The van der Waals surface area contributed by atoms with Gasteiger partial charge in [0.1, 0.15) is 12.4 Å². The third-order valence-electron chi connectivity index (χ3n) is 6.13. The van der Waals surface area contributed by atoms with E-state index in [0.29, 0.717) is 13.1 Å². The van der Waals surface area contributed by atoms with E-state index < -0.39 is 0 Å². The molecule has 0 bridgehead atoms. The standard InChI is InChI=1S/C23H32N6O2/c1-2-10-25-11-13-28(14-12-25)23(31)19-29-22(30)9-8-21(24-29)27-17-15-26(16-18-27)20-6-4-3-5-7-20/h3-9H,2,10-19H2,1H3. The van der Waals surface area contributed by atoms with Crippen LogP contribution in [0.25, 0.3) is 0 Å². The lowest BCUT2D eigenvalue weighted by Gasteiger charge is -2.36. The number of aromatic nitrogens is 2. The van der Waals surface area contributed by atoms with Gasteiger partial charge in [-0.3, -0.25) is 14.5 Å². The minimum absolute atomic E-state index is 0.00440. The summed E-state index contributed by atoms with van der Waals surface area (Å²) in [5.41, 5.74) is 0.995. The average Bonchev–Trinajstić information content (AvgIpc) is 2.82. The molecule has 2 fully saturated rings. The van der Waals surface area contributed by atoms with Crippen LogP contribution in [0.1, 0.15) is 13.3 Å². The van der Waals surface area contributed by atoms with E-state index in [1.165, 1.54) is 16.4 Å². The molecular weight excluding hydrogens is 392 g/mol. The maximum Gasteiger partial charge on any atom is 0.267 e. The van der Waals surface area contributed by atoms with Crippen molar-refractivity contribution in [2.24, 2.45) is 0 Å². The molecule has 31 heavy (non-hydrogen) atoms. The van der Waals surface area contributed by atoms with Crippen LogP contribution in [0.2, 0.25) is 0 Å². The number of anilines is 2. The number of rotatable bonds is 6. The second-order valence-corrected chi connectivity index (χ2v) is 8.22.